The summed E-state index contributed by atoms with van der Waals surface area (Å²) < 4.78 is 33.3. The molecule has 25 heavy (non-hydrogen) atoms. The molecular weight excluding hydrogens is 334 g/mol. The van der Waals surface area contributed by atoms with Crippen molar-refractivity contribution < 1.29 is 13.0 Å². The molecule has 0 bridgehead atoms. The first-order chi connectivity index (χ1) is 12.0. The summed E-state index contributed by atoms with van der Waals surface area (Å²) in [7, 11) is -4.11. The number of hydrogen-bond acceptors (Lipinski definition) is 3. The summed E-state index contributed by atoms with van der Waals surface area (Å²) in [6, 6.07) is 8.35. The van der Waals surface area contributed by atoms with Crippen molar-refractivity contribution in [2.24, 2.45) is 11.7 Å². The van der Waals surface area contributed by atoms with Crippen molar-refractivity contribution in [2.45, 2.75) is 24.5 Å². The van der Waals surface area contributed by atoms with Crippen LogP contribution >= 0.6 is 0 Å². The number of fused-ring (bicyclic) bond motifs is 5. The van der Waals surface area contributed by atoms with Crippen LogP contribution in [0.25, 0.3) is 22.9 Å². The molecule has 0 heterocycles. The molecule has 4 nitrogen and oxygen atoms in total. The third-order valence-corrected chi connectivity index (χ3v) is 6.64. The molecule has 2 atom stereocenters. The van der Waals surface area contributed by atoms with Crippen LogP contribution in [0.5, 0.6) is 0 Å². The van der Waals surface area contributed by atoms with Gasteiger partial charge in [-0.15, -0.1) is 0 Å². The number of nitrogens with two attached hydrogens (primary N) is 1. The van der Waals surface area contributed by atoms with Gasteiger partial charge in [0, 0.05) is 0 Å². The lowest BCUT2D eigenvalue weighted by Crippen LogP contribution is -2.38. The molecule has 2 aromatic carbocycles. The maximum atomic E-state index is 11.8. The molecule has 4 rings (SSSR count). The normalized spacial score (nSPS) is 22.0. The Morgan fingerprint density at radius 2 is 1.80 bits per heavy atom. The van der Waals surface area contributed by atoms with E-state index in [1.165, 1.54) is 16.2 Å². The van der Waals surface area contributed by atoms with Gasteiger partial charge in [0.15, 0.2) is 0 Å². The lowest BCUT2D eigenvalue weighted by molar-refractivity contribution is 0.439. The number of benzene rings is 2. The molecule has 0 aliphatic heterocycles. The van der Waals surface area contributed by atoms with E-state index in [0.717, 1.165) is 22.6 Å². The van der Waals surface area contributed by atoms with Crippen LogP contribution in [-0.2, 0) is 23.0 Å². The zero-order chi connectivity index (χ0) is 17.6. The minimum Gasteiger partial charge on any atom is -0.330 e. The smallest absolute Gasteiger partial charge is 0.268 e. The Morgan fingerprint density at radius 1 is 1.08 bits per heavy atom. The zero-order valence-electron chi connectivity index (χ0n) is 13.9. The predicted octanol–water partition coefficient (Wildman–Crippen LogP) is 1.29. The molecule has 0 saturated carbocycles. The van der Waals surface area contributed by atoms with E-state index in [2.05, 4.69) is 36.4 Å². The second-order valence-corrected chi connectivity index (χ2v) is 8.47. The highest BCUT2D eigenvalue weighted by Crippen LogP contribution is 2.26. The van der Waals surface area contributed by atoms with Crippen LogP contribution in [-0.4, -0.2) is 24.8 Å². The largest absolute Gasteiger partial charge is 0.330 e. The van der Waals surface area contributed by atoms with Gasteiger partial charge in [0.25, 0.3) is 10.1 Å². The molecule has 0 spiro atoms. The van der Waals surface area contributed by atoms with Crippen LogP contribution in [0.3, 0.4) is 0 Å². The summed E-state index contributed by atoms with van der Waals surface area (Å²) in [5.74, 6) is -0.266. The topological polar surface area (TPSA) is 80.4 Å². The van der Waals surface area contributed by atoms with Crippen molar-refractivity contribution in [1.29, 1.82) is 0 Å². The maximum Gasteiger partial charge on any atom is 0.268 e. The maximum absolute atomic E-state index is 11.8. The van der Waals surface area contributed by atoms with Crippen LogP contribution < -0.4 is 16.2 Å². The molecule has 0 amide bonds. The van der Waals surface area contributed by atoms with Crippen molar-refractivity contribution in [3.05, 3.63) is 58.0 Å². The van der Waals surface area contributed by atoms with Crippen LogP contribution in [0.15, 0.2) is 36.4 Å². The van der Waals surface area contributed by atoms with Gasteiger partial charge in [-0.05, 0) is 64.1 Å². The van der Waals surface area contributed by atoms with E-state index in [1.54, 1.807) is 0 Å². The van der Waals surface area contributed by atoms with Crippen LogP contribution in [0.4, 0.5) is 0 Å². The van der Waals surface area contributed by atoms with Gasteiger partial charge in [0.05, 0.1) is 5.25 Å². The minimum absolute atomic E-state index is 0.266. The Labute approximate surface area is 147 Å². The van der Waals surface area contributed by atoms with Gasteiger partial charge in [-0.1, -0.05) is 48.6 Å². The molecule has 0 fully saturated rings. The summed E-state index contributed by atoms with van der Waals surface area (Å²) >= 11 is 0. The first kappa shape index (κ1) is 16.5. The molecule has 0 aromatic heterocycles. The Balaban J connectivity index is 1.99. The Kier molecular flexibility index (Phi) is 4.02. The second-order valence-electron chi connectivity index (χ2n) is 6.84. The van der Waals surface area contributed by atoms with Gasteiger partial charge >= 0.3 is 0 Å². The van der Waals surface area contributed by atoms with Crippen molar-refractivity contribution in [3.8, 4) is 0 Å². The molecule has 2 aliphatic rings. The van der Waals surface area contributed by atoms with E-state index in [9.17, 15) is 13.0 Å². The molecule has 2 unspecified atom stereocenters. The highest BCUT2D eigenvalue weighted by atomic mass is 32.2. The molecule has 0 radical (unpaired) electrons. The van der Waals surface area contributed by atoms with E-state index in [4.69, 9.17) is 5.73 Å². The van der Waals surface area contributed by atoms with Gasteiger partial charge < -0.3 is 5.73 Å². The molecule has 3 N–H and O–H groups in total. The number of allylic oxidation sites excluding steroid dienone is 2. The Hall–Kier alpha value is -1.95. The lowest BCUT2D eigenvalue weighted by atomic mass is 9.85. The zero-order valence-corrected chi connectivity index (χ0v) is 14.7. The monoisotopic (exact) mass is 355 g/mol. The summed E-state index contributed by atoms with van der Waals surface area (Å²) in [5.41, 5.74) is 7.95. The fraction of sp³-hybridized carbons (Fsp3) is 0.300. The number of hydrogen-bond donors (Lipinski definition) is 2. The lowest BCUT2D eigenvalue weighted by Gasteiger charge is -2.27. The SMILES string of the molecule is NCCC1C=c2c(ccc3c4c(ccc23)CC=CC=4)CC1S(=O)(=O)O. The average Bonchev–Trinajstić information content (AvgIpc) is 2.60. The fourth-order valence-corrected chi connectivity index (χ4v) is 5.18. The first-order valence-corrected chi connectivity index (χ1v) is 10.1. The molecule has 0 saturated heterocycles. The summed E-state index contributed by atoms with van der Waals surface area (Å²) in [6.45, 7) is 0.390. The van der Waals surface area contributed by atoms with Gasteiger partial charge in [0.2, 0.25) is 0 Å². The molecule has 2 aromatic rings. The minimum atomic E-state index is -4.11. The summed E-state index contributed by atoms with van der Waals surface area (Å²) in [5, 5.41) is 3.84. The summed E-state index contributed by atoms with van der Waals surface area (Å²) in [4.78, 5) is 0. The molecular formula is C20H21NO3S. The Bertz CT molecular complexity index is 1100. The Morgan fingerprint density at radius 3 is 2.52 bits per heavy atom. The van der Waals surface area contributed by atoms with E-state index >= 15 is 0 Å². The van der Waals surface area contributed by atoms with Crippen LogP contribution in [0, 0.1) is 5.92 Å². The van der Waals surface area contributed by atoms with E-state index in [0.29, 0.717) is 19.4 Å². The third-order valence-electron chi connectivity index (χ3n) is 5.36. The van der Waals surface area contributed by atoms with Gasteiger partial charge in [0.1, 0.15) is 0 Å². The van der Waals surface area contributed by atoms with Gasteiger partial charge in [-0.3, -0.25) is 4.55 Å². The van der Waals surface area contributed by atoms with Crippen LogP contribution in [0.2, 0.25) is 0 Å². The number of rotatable bonds is 3. The van der Waals surface area contributed by atoms with Crippen LogP contribution in [0.1, 0.15) is 17.5 Å². The fourth-order valence-electron chi connectivity index (χ4n) is 4.13. The predicted molar refractivity (Wildman–Crippen MR) is 101 cm³/mol. The van der Waals surface area contributed by atoms with E-state index in [1.807, 2.05) is 12.1 Å². The highest BCUT2D eigenvalue weighted by molar-refractivity contribution is 7.86. The first-order valence-electron chi connectivity index (χ1n) is 8.57. The quantitative estimate of drug-likeness (QED) is 0.813. The standard InChI is InChI=1S/C20H21NO3S/c21-10-9-15-11-19-14(12-20(15)25(22,23)24)6-8-17-16-4-2-1-3-13(16)5-7-18(17)19/h1-2,4-8,11,15,20H,3,9-10,12,21H2,(H,22,23,24). The van der Waals surface area contributed by atoms with Gasteiger partial charge in [-0.2, -0.15) is 8.42 Å². The average molecular weight is 355 g/mol. The molecule has 130 valence electrons. The van der Waals surface area contributed by atoms with Crippen molar-refractivity contribution in [3.63, 3.8) is 0 Å². The van der Waals surface area contributed by atoms with Crippen molar-refractivity contribution >= 4 is 33.0 Å². The second kappa shape index (κ2) is 6.09. The van der Waals surface area contributed by atoms with E-state index < -0.39 is 15.4 Å². The van der Waals surface area contributed by atoms with Crippen molar-refractivity contribution in [1.82, 2.24) is 0 Å². The molecule has 2 aliphatic carbocycles. The van der Waals surface area contributed by atoms with Gasteiger partial charge in [-0.25, -0.2) is 0 Å². The van der Waals surface area contributed by atoms with E-state index in [-0.39, 0.29) is 5.92 Å². The highest BCUT2D eigenvalue weighted by Gasteiger charge is 2.33. The van der Waals surface area contributed by atoms with Crippen molar-refractivity contribution in [2.75, 3.05) is 6.54 Å². The molecule has 5 heteroatoms. The summed E-state index contributed by atoms with van der Waals surface area (Å²) in [6.07, 6.45) is 10.2. The third kappa shape index (κ3) is 2.82.